The highest BCUT2D eigenvalue weighted by Crippen LogP contribution is 2.21. The zero-order chi connectivity index (χ0) is 20.0. The number of anilines is 3. The monoisotopic (exact) mass is 385 g/mol. The van der Waals surface area contributed by atoms with Crippen LogP contribution in [0, 0.1) is 0 Å². The van der Waals surface area contributed by atoms with Crippen molar-refractivity contribution < 1.29 is 27.8 Å². The van der Waals surface area contributed by atoms with Gasteiger partial charge in [-0.15, -0.1) is 0 Å². The van der Waals surface area contributed by atoms with Gasteiger partial charge in [-0.1, -0.05) is 0 Å². The predicted molar refractivity (Wildman–Crippen MR) is 91.6 cm³/mol. The van der Waals surface area contributed by atoms with E-state index in [9.17, 15) is 18.0 Å². The first-order chi connectivity index (χ1) is 12.7. The van der Waals surface area contributed by atoms with Gasteiger partial charge in [-0.3, -0.25) is 0 Å². The molecule has 0 amide bonds. The summed E-state index contributed by atoms with van der Waals surface area (Å²) in [7, 11) is 0. The molecule has 2 N–H and O–H groups in total. The number of rotatable bonds is 8. The highest BCUT2D eigenvalue weighted by Gasteiger charge is 2.29. The molecule has 8 nitrogen and oxygen atoms in total. The summed E-state index contributed by atoms with van der Waals surface area (Å²) in [4.78, 5) is 24.6. The molecule has 0 bridgehead atoms. The molecule has 2 aromatic rings. The van der Waals surface area contributed by atoms with Crippen LogP contribution in [0.2, 0.25) is 0 Å². The number of nitrogens with one attached hydrogen (secondary N) is 1. The minimum atomic E-state index is -4.53. The Kier molecular flexibility index (Phi) is 6.37. The molecule has 0 aliphatic heterocycles. The summed E-state index contributed by atoms with van der Waals surface area (Å²) < 4.78 is 41.9. The summed E-state index contributed by atoms with van der Waals surface area (Å²) in [6, 6.07) is 5.26. The topological polar surface area (TPSA) is 100 Å². The number of halogens is 3. The Hall–Kier alpha value is -3.11. The van der Waals surface area contributed by atoms with Crippen molar-refractivity contribution in [3.05, 3.63) is 29.8 Å². The quantitative estimate of drug-likeness (QED) is 0.715. The first kappa shape index (κ1) is 20.2. The molecule has 0 aliphatic carbocycles. The van der Waals surface area contributed by atoms with Gasteiger partial charge in [-0.2, -0.15) is 28.1 Å². The van der Waals surface area contributed by atoms with Gasteiger partial charge in [0.1, 0.15) is 0 Å². The normalized spacial score (nSPS) is 11.1. The van der Waals surface area contributed by atoms with Gasteiger partial charge < -0.3 is 20.1 Å². The predicted octanol–water partition coefficient (Wildman–Crippen LogP) is 3.10. The van der Waals surface area contributed by atoms with Crippen molar-refractivity contribution in [3.63, 3.8) is 0 Å². The molecule has 0 fully saturated rings. The van der Waals surface area contributed by atoms with E-state index in [-0.39, 0.29) is 17.5 Å². The van der Waals surface area contributed by atoms with E-state index in [1.54, 1.807) is 4.90 Å². The maximum atomic E-state index is 12.4. The maximum Gasteiger partial charge on any atom is 0.422 e. The van der Waals surface area contributed by atoms with E-state index in [4.69, 9.17) is 5.11 Å². The second-order valence-corrected chi connectivity index (χ2v) is 5.33. The molecule has 1 aromatic carbocycles. The van der Waals surface area contributed by atoms with Crippen molar-refractivity contribution in [2.24, 2.45) is 0 Å². The van der Waals surface area contributed by atoms with E-state index in [1.165, 1.54) is 24.3 Å². The van der Waals surface area contributed by atoms with Crippen LogP contribution < -0.4 is 15.0 Å². The Balaban J connectivity index is 2.29. The van der Waals surface area contributed by atoms with Crippen molar-refractivity contribution >= 4 is 23.6 Å². The number of benzene rings is 1. The molecule has 0 spiro atoms. The lowest BCUT2D eigenvalue weighted by molar-refractivity contribution is -0.154. The highest BCUT2D eigenvalue weighted by molar-refractivity contribution is 5.88. The standard InChI is InChI=1S/C16H18F3N5O3/c1-3-24(4-2)14-21-13(22-15(23-14)27-9-16(17,18)19)20-11-7-5-10(6-8-11)12(25)26/h5-8H,3-4,9H2,1-2H3,(H,25,26)(H,20,21,22,23). The van der Waals surface area contributed by atoms with Crippen LogP contribution in [0.5, 0.6) is 6.01 Å². The number of ether oxygens (including phenoxy) is 1. The second kappa shape index (κ2) is 8.52. The largest absolute Gasteiger partial charge is 0.478 e. The van der Waals surface area contributed by atoms with Crippen LogP contribution in [0.4, 0.5) is 30.8 Å². The van der Waals surface area contributed by atoms with Crippen LogP contribution >= 0.6 is 0 Å². The summed E-state index contributed by atoms with van der Waals surface area (Å²) in [5, 5.41) is 11.7. The van der Waals surface area contributed by atoms with Gasteiger partial charge in [0.2, 0.25) is 11.9 Å². The third-order valence-electron chi connectivity index (χ3n) is 3.40. The Morgan fingerprint density at radius 1 is 1.15 bits per heavy atom. The Bertz CT molecular complexity index is 780. The number of carboxylic acid groups (broad SMARTS) is 1. The fourth-order valence-electron chi connectivity index (χ4n) is 2.09. The minimum Gasteiger partial charge on any atom is -0.478 e. The summed E-state index contributed by atoms with van der Waals surface area (Å²) >= 11 is 0. The molecule has 0 saturated heterocycles. The number of carboxylic acids is 1. The SMILES string of the molecule is CCN(CC)c1nc(Nc2ccc(C(=O)O)cc2)nc(OCC(F)(F)F)n1. The average Bonchev–Trinajstić information content (AvgIpc) is 2.61. The van der Waals surface area contributed by atoms with Gasteiger partial charge in [-0.05, 0) is 38.1 Å². The van der Waals surface area contributed by atoms with Crippen molar-refractivity contribution in [1.82, 2.24) is 15.0 Å². The van der Waals surface area contributed by atoms with E-state index in [0.29, 0.717) is 18.8 Å². The molecule has 1 aromatic heterocycles. The molecular formula is C16H18F3N5O3. The lowest BCUT2D eigenvalue weighted by atomic mass is 10.2. The van der Waals surface area contributed by atoms with Gasteiger partial charge in [0.15, 0.2) is 6.61 Å². The first-order valence-corrected chi connectivity index (χ1v) is 8.02. The van der Waals surface area contributed by atoms with Crippen LogP contribution in [-0.4, -0.2) is 51.9 Å². The second-order valence-electron chi connectivity index (χ2n) is 5.33. The van der Waals surface area contributed by atoms with Crippen LogP contribution in [-0.2, 0) is 0 Å². The van der Waals surface area contributed by atoms with Gasteiger partial charge in [0.25, 0.3) is 0 Å². The van der Waals surface area contributed by atoms with Crippen LogP contribution in [0.25, 0.3) is 0 Å². The molecule has 0 aliphatic rings. The Labute approximate surface area is 153 Å². The molecule has 0 radical (unpaired) electrons. The number of hydrogen-bond acceptors (Lipinski definition) is 7. The van der Waals surface area contributed by atoms with Gasteiger partial charge in [0, 0.05) is 18.8 Å². The number of hydrogen-bond donors (Lipinski definition) is 2. The molecule has 0 atom stereocenters. The van der Waals surface area contributed by atoms with E-state index < -0.39 is 24.8 Å². The van der Waals surface area contributed by atoms with Crippen molar-refractivity contribution in [3.8, 4) is 6.01 Å². The van der Waals surface area contributed by atoms with E-state index in [0.717, 1.165) is 0 Å². The third kappa shape index (κ3) is 5.97. The van der Waals surface area contributed by atoms with Crippen LogP contribution in [0.1, 0.15) is 24.2 Å². The van der Waals surface area contributed by atoms with E-state index >= 15 is 0 Å². The van der Waals surface area contributed by atoms with Crippen LogP contribution in [0.3, 0.4) is 0 Å². The zero-order valence-corrected chi connectivity index (χ0v) is 14.6. The van der Waals surface area contributed by atoms with Gasteiger partial charge >= 0.3 is 18.2 Å². The molecule has 27 heavy (non-hydrogen) atoms. The summed E-state index contributed by atoms with van der Waals surface area (Å²) in [5.74, 6) is -0.933. The van der Waals surface area contributed by atoms with Crippen LogP contribution in [0.15, 0.2) is 24.3 Å². The lowest BCUT2D eigenvalue weighted by Gasteiger charge is -2.19. The molecule has 11 heteroatoms. The summed E-state index contributed by atoms with van der Waals surface area (Å²) in [6.07, 6.45) is -4.53. The summed E-state index contributed by atoms with van der Waals surface area (Å²) in [5.41, 5.74) is 0.549. The summed E-state index contributed by atoms with van der Waals surface area (Å²) in [6.45, 7) is 3.24. The zero-order valence-electron chi connectivity index (χ0n) is 14.6. The Morgan fingerprint density at radius 3 is 2.30 bits per heavy atom. The van der Waals surface area contributed by atoms with Gasteiger partial charge in [-0.25, -0.2) is 4.79 Å². The fourth-order valence-corrected chi connectivity index (χ4v) is 2.09. The molecule has 0 saturated carbocycles. The average molecular weight is 385 g/mol. The van der Waals surface area contributed by atoms with Gasteiger partial charge in [0.05, 0.1) is 5.56 Å². The molecule has 2 rings (SSSR count). The number of nitrogens with zero attached hydrogens (tertiary/aromatic N) is 4. The number of aromatic carboxylic acids is 1. The fraction of sp³-hybridized carbons (Fsp3) is 0.375. The van der Waals surface area contributed by atoms with Crippen molar-refractivity contribution in [2.75, 3.05) is 29.9 Å². The molecular weight excluding hydrogens is 367 g/mol. The minimum absolute atomic E-state index is 0.0212. The van der Waals surface area contributed by atoms with Crippen molar-refractivity contribution in [1.29, 1.82) is 0 Å². The molecule has 1 heterocycles. The highest BCUT2D eigenvalue weighted by atomic mass is 19.4. The molecule has 0 unspecified atom stereocenters. The number of carbonyl (C=O) groups is 1. The molecule has 146 valence electrons. The smallest absolute Gasteiger partial charge is 0.422 e. The third-order valence-corrected chi connectivity index (χ3v) is 3.40. The lowest BCUT2D eigenvalue weighted by Crippen LogP contribution is -2.26. The van der Waals surface area contributed by atoms with E-state index in [1.807, 2.05) is 13.8 Å². The van der Waals surface area contributed by atoms with E-state index in [2.05, 4.69) is 25.0 Å². The first-order valence-electron chi connectivity index (χ1n) is 8.02. The number of aromatic nitrogens is 3. The Morgan fingerprint density at radius 2 is 1.78 bits per heavy atom. The number of alkyl halides is 3. The van der Waals surface area contributed by atoms with Crippen molar-refractivity contribution in [2.45, 2.75) is 20.0 Å². The maximum absolute atomic E-state index is 12.4.